The molecule has 1 N–H and O–H groups in total. The van der Waals surface area contributed by atoms with Gasteiger partial charge in [-0.15, -0.1) is 21.5 Å². The predicted octanol–water partition coefficient (Wildman–Crippen LogP) is 2.26. The maximum Gasteiger partial charge on any atom is 0.260 e. The Bertz CT molecular complexity index is 942. The Morgan fingerprint density at radius 3 is 2.78 bits per heavy atom. The Hall–Kier alpha value is -1.49. The van der Waals surface area contributed by atoms with E-state index < -0.39 is 16.1 Å². The second-order valence-corrected chi connectivity index (χ2v) is 8.16. The number of sulfonamides is 1. The molecule has 0 unspecified atom stereocenters. The van der Waals surface area contributed by atoms with Crippen LogP contribution in [-0.4, -0.2) is 32.6 Å². The molecule has 0 aliphatic rings. The average molecular weight is 375 g/mol. The van der Waals surface area contributed by atoms with Crippen LogP contribution in [0.4, 0.5) is 0 Å². The Morgan fingerprint density at radius 2 is 2.09 bits per heavy atom. The fraction of sp³-hybridized carbons (Fsp3) is 0.417. The van der Waals surface area contributed by atoms with Crippen LogP contribution < -0.4 is 4.72 Å². The minimum atomic E-state index is -3.87. The van der Waals surface area contributed by atoms with Crippen LogP contribution in [0.2, 0.25) is 5.15 Å². The van der Waals surface area contributed by atoms with Crippen molar-refractivity contribution in [3.8, 4) is 0 Å². The average Bonchev–Trinajstić information content (AvgIpc) is 3.10. The van der Waals surface area contributed by atoms with Crippen LogP contribution in [-0.2, 0) is 10.0 Å². The van der Waals surface area contributed by atoms with Crippen molar-refractivity contribution < 1.29 is 8.42 Å². The molecule has 11 heteroatoms. The minimum Gasteiger partial charge on any atom is -0.314 e. The summed E-state index contributed by atoms with van der Waals surface area (Å²) in [6.45, 7) is 5.65. The van der Waals surface area contributed by atoms with Gasteiger partial charge in [0, 0.05) is 17.6 Å². The van der Waals surface area contributed by atoms with Crippen molar-refractivity contribution >= 4 is 37.9 Å². The lowest BCUT2D eigenvalue weighted by atomic mass is 10.3. The van der Waals surface area contributed by atoms with Gasteiger partial charge in [0.25, 0.3) is 10.0 Å². The van der Waals surface area contributed by atoms with Gasteiger partial charge in [0.05, 0.1) is 6.04 Å². The van der Waals surface area contributed by atoms with Crippen molar-refractivity contribution in [2.45, 2.75) is 37.9 Å². The molecular weight excluding hydrogens is 360 g/mol. The number of hydrogen-bond donors (Lipinski definition) is 1. The van der Waals surface area contributed by atoms with Crippen LogP contribution in [0.15, 0.2) is 22.9 Å². The summed E-state index contributed by atoms with van der Waals surface area (Å²) in [6.07, 6.45) is 3.20. The van der Waals surface area contributed by atoms with Crippen molar-refractivity contribution in [1.82, 2.24) is 28.9 Å². The fourth-order valence-electron chi connectivity index (χ4n) is 2.28. The molecular formula is C12H15ClN6O2S2. The third-order valence-corrected chi connectivity index (χ3v) is 6.00. The molecule has 0 spiro atoms. The van der Waals surface area contributed by atoms with Gasteiger partial charge in [-0.3, -0.25) is 4.40 Å². The van der Waals surface area contributed by atoms with Gasteiger partial charge in [0.1, 0.15) is 6.33 Å². The largest absolute Gasteiger partial charge is 0.314 e. The van der Waals surface area contributed by atoms with Gasteiger partial charge < -0.3 is 4.57 Å². The third-order valence-electron chi connectivity index (χ3n) is 3.31. The summed E-state index contributed by atoms with van der Waals surface area (Å²) in [5.41, 5.74) is 0. The number of hydrogen-bond acceptors (Lipinski definition) is 6. The molecule has 3 aromatic rings. The molecule has 0 saturated carbocycles. The van der Waals surface area contributed by atoms with E-state index in [1.54, 1.807) is 24.8 Å². The molecule has 3 heterocycles. The summed E-state index contributed by atoms with van der Waals surface area (Å²) in [7, 11) is -3.87. The van der Waals surface area contributed by atoms with Gasteiger partial charge in [-0.2, -0.15) is 4.72 Å². The van der Waals surface area contributed by atoms with Crippen LogP contribution in [0, 0.1) is 0 Å². The van der Waals surface area contributed by atoms with E-state index in [4.69, 9.17) is 11.6 Å². The maximum absolute atomic E-state index is 12.7. The van der Waals surface area contributed by atoms with Gasteiger partial charge in [0.15, 0.2) is 21.0 Å². The molecule has 3 rings (SSSR count). The number of aromatic nitrogens is 5. The Labute approximate surface area is 142 Å². The number of rotatable bonds is 5. The molecule has 8 nitrogen and oxygen atoms in total. The molecule has 1 atom stereocenters. The highest BCUT2D eigenvalue weighted by Crippen LogP contribution is 2.26. The quantitative estimate of drug-likeness (QED) is 0.739. The first-order valence-corrected chi connectivity index (χ1v) is 9.58. The molecule has 124 valence electrons. The highest BCUT2D eigenvalue weighted by molar-refractivity contribution is 7.89. The Balaban J connectivity index is 1.96. The van der Waals surface area contributed by atoms with E-state index >= 15 is 0 Å². The highest BCUT2D eigenvalue weighted by atomic mass is 35.5. The Morgan fingerprint density at radius 1 is 1.35 bits per heavy atom. The first-order chi connectivity index (χ1) is 10.8. The molecule has 0 saturated heterocycles. The van der Waals surface area contributed by atoms with Crippen molar-refractivity contribution in [2.24, 2.45) is 0 Å². The van der Waals surface area contributed by atoms with Crippen LogP contribution in [0.25, 0.3) is 4.96 Å². The number of halogens is 1. The molecule has 0 fully saturated rings. The van der Waals surface area contributed by atoms with Gasteiger partial charge >= 0.3 is 0 Å². The van der Waals surface area contributed by atoms with Crippen molar-refractivity contribution in [1.29, 1.82) is 0 Å². The summed E-state index contributed by atoms with van der Waals surface area (Å²) in [6, 6.07) is -0.445. The van der Waals surface area contributed by atoms with Crippen LogP contribution in [0.5, 0.6) is 0 Å². The van der Waals surface area contributed by atoms with Crippen molar-refractivity contribution in [3.05, 3.63) is 28.9 Å². The summed E-state index contributed by atoms with van der Waals surface area (Å²) in [4.78, 5) is 4.57. The minimum absolute atomic E-state index is 0.0538. The molecule has 0 radical (unpaired) electrons. The molecule has 23 heavy (non-hydrogen) atoms. The topological polar surface area (TPSA) is 94.2 Å². The molecule has 3 aromatic heterocycles. The fourth-order valence-corrected chi connectivity index (χ4v) is 4.93. The van der Waals surface area contributed by atoms with Crippen molar-refractivity contribution in [2.75, 3.05) is 0 Å². The number of nitrogens with zero attached hydrogens (tertiary/aromatic N) is 5. The van der Waals surface area contributed by atoms with Gasteiger partial charge in [-0.05, 0) is 20.8 Å². The lowest BCUT2D eigenvalue weighted by molar-refractivity contribution is 0.513. The number of imidazole rings is 1. The zero-order valence-electron chi connectivity index (χ0n) is 12.6. The lowest BCUT2D eigenvalue weighted by Crippen LogP contribution is -2.30. The summed E-state index contributed by atoms with van der Waals surface area (Å²) < 4.78 is 31.3. The molecule has 0 aromatic carbocycles. The molecule has 0 bridgehead atoms. The summed E-state index contributed by atoms with van der Waals surface area (Å²) in [5.74, 6) is 0.533. The summed E-state index contributed by atoms with van der Waals surface area (Å²) in [5, 5.41) is 9.48. The van der Waals surface area contributed by atoms with Crippen LogP contribution >= 0.6 is 22.9 Å². The smallest absolute Gasteiger partial charge is 0.260 e. The Kier molecular flexibility index (Phi) is 4.17. The SMILES string of the molecule is CC(C)n1cnnc1[C@@H](C)NS(=O)(=O)c1c(Cl)nc2sccn12. The molecule has 0 aliphatic heterocycles. The number of fused-ring (bicyclic) bond motifs is 1. The monoisotopic (exact) mass is 374 g/mol. The van der Waals surface area contributed by atoms with Crippen LogP contribution in [0.3, 0.4) is 0 Å². The second kappa shape index (κ2) is 5.86. The van der Waals surface area contributed by atoms with Gasteiger partial charge in [0.2, 0.25) is 0 Å². The predicted molar refractivity (Wildman–Crippen MR) is 87.2 cm³/mol. The van der Waals surface area contributed by atoms with E-state index in [1.165, 1.54) is 15.7 Å². The summed E-state index contributed by atoms with van der Waals surface area (Å²) >= 11 is 7.32. The van der Waals surface area contributed by atoms with Crippen LogP contribution in [0.1, 0.15) is 38.7 Å². The lowest BCUT2D eigenvalue weighted by Gasteiger charge is -2.16. The normalized spacial score (nSPS) is 14.0. The third kappa shape index (κ3) is 2.87. The van der Waals surface area contributed by atoms with Crippen molar-refractivity contribution in [3.63, 3.8) is 0 Å². The van der Waals surface area contributed by atoms with Gasteiger partial charge in [-0.25, -0.2) is 13.4 Å². The van der Waals surface area contributed by atoms with E-state index in [2.05, 4.69) is 19.9 Å². The second-order valence-electron chi connectivity index (χ2n) is 5.30. The number of thiazole rings is 1. The van der Waals surface area contributed by atoms with Gasteiger partial charge in [-0.1, -0.05) is 11.6 Å². The van der Waals surface area contributed by atoms with E-state index in [0.29, 0.717) is 10.8 Å². The standard InChI is InChI=1S/C12H15ClN6O2S2/c1-7(2)19-6-14-16-10(19)8(3)17-23(20,21)11-9(13)15-12-18(11)4-5-22-12/h4-8,17H,1-3H3/t8-/m1/s1. The molecule has 0 aliphatic carbocycles. The first kappa shape index (κ1) is 16.4. The highest BCUT2D eigenvalue weighted by Gasteiger charge is 2.28. The number of nitrogens with one attached hydrogen (secondary N) is 1. The van der Waals surface area contributed by atoms with E-state index in [-0.39, 0.29) is 16.2 Å². The zero-order valence-corrected chi connectivity index (χ0v) is 15.0. The first-order valence-electron chi connectivity index (χ1n) is 6.84. The van der Waals surface area contributed by atoms with E-state index in [9.17, 15) is 8.42 Å². The maximum atomic E-state index is 12.7. The van der Waals surface area contributed by atoms with E-state index in [1.807, 2.05) is 18.4 Å². The van der Waals surface area contributed by atoms with E-state index in [0.717, 1.165) is 0 Å². The zero-order chi connectivity index (χ0) is 16.8. The molecule has 0 amide bonds.